The second kappa shape index (κ2) is 9.58. The second-order valence-corrected chi connectivity index (χ2v) is 8.43. The van der Waals surface area contributed by atoms with Gasteiger partial charge in [0.05, 0.1) is 11.3 Å². The van der Waals surface area contributed by atoms with Gasteiger partial charge in [-0.05, 0) is 43.2 Å². The minimum absolute atomic E-state index is 0.0636. The molecule has 35 heavy (non-hydrogen) atoms. The van der Waals surface area contributed by atoms with Crippen molar-refractivity contribution >= 4 is 11.7 Å². The van der Waals surface area contributed by atoms with Gasteiger partial charge in [-0.2, -0.15) is 0 Å². The van der Waals surface area contributed by atoms with Crippen LogP contribution in [0.2, 0.25) is 0 Å². The number of piperidine rings is 1. The lowest BCUT2D eigenvalue weighted by molar-refractivity contribution is 0.0639. The van der Waals surface area contributed by atoms with Crippen molar-refractivity contribution < 1.29 is 18.4 Å². The van der Waals surface area contributed by atoms with E-state index in [1.807, 2.05) is 60.7 Å². The van der Waals surface area contributed by atoms with Gasteiger partial charge in [-0.1, -0.05) is 48.5 Å². The average molecular weight is 472 g/mol. The average Bonchev–Trinajstić information content (AvgIpc) is 3.36. The van der Waals surface area contributed by atoms with Crippen molar-refractivity contribution in [2.24, 2.45) is 5.92 Å². The lowest BCUT2D eigenvalue weighted by atomic mass is 9.88. The van der Waals surface area contributed by atoms with Crippen LogP contribution in [0.15, 0.2) is 78.9 Å². The Morgan fingerprint density at radius 3 is 2.20 bits per heavy atom. The molecule has 1 fully saturated rings. The maximum atomic E-state index is 14.1. The second-order valence-electron chi connectivity index (χ2n) is 8.43. The highest BCUT2D eigenvalue weighted by Crippen LogP contribution is 2.26. The fourth-order valence-corrected chi connectivity index (χ4v) is 4.32. The van der Waals surface area contributed by atoms with Gasteiger partial charge in [0.1, 0.15) is 11.6 Å². The molecule has 176 valence electrons. The van der Waals surface area contributed by atoms with Crippen LogP contribution in [-0.2, 0) is 0 Å². The Balaban J connectivity index is 1.35. The van der Waals surface area contributed by atoms with E-state index < -0.39 is 23.3 Å². The first-order valence-corrected chi connectivity index (χ1v) is 11.4. The number of hydrogen-bond acceptors (Lipinski definition) is 4. The Hall–Kier alpha value is -4.20. The number of benzene rings is 3. The van der Waals surface area contributed by atoms with E-state index in [4.69, 9.17) is 0 Å². The summed E-state index contributed by atoms with van der Waals surface area (Å²) >= 11 is 0. The van der Waals surface area contributed by atoms with Crippen molar-refractivity contribution in [1.29, 1.82) is 0 Å². The molecule has 1 aliphatic rings. The predicted octanol–water partition coefficient (Wildman–Crippen LogP) is 4.95. The Labute approximate surface area is 200 Å². The molecule has 0 atom stereocenters. The number of likely N-dealkylation sites (tertiary alicyclic amines) is 1. The zero-order chi connectivity index (χ0) is 24.4. The highest BCUT2D eigenvalue weighted by atomic mass is 19.1. The van der Waals surface area contributed by atoms with Gasteiger partial charge >= 0.3 is 0 Å². The molecule has 0 spiro atoms. The number of amides is 1. The lowest BCUT2D eigenvalue weighted by Crippen LogP contribution is -2.40. The summed E-state index contributed by atoms with van der Waals surface area (Å²) < 4.78 is 29.2. The molecule has 1 aliphatic heterocycles. The number of aromatic nitrogens is 3. The van der Waals surface area contributed by atoms with Gasteiger partial charge in [-0.3, -0.25) is 9.59 Å². The number of Topliss-reactive ketones (excluding diaryl/α,β-unsaturated/α-hetero) is 1. The van der Waals surface area contributed by atoms with Gasteiger partial charge in [0.25, 0.3) is 5.91 Å². The minimum atomic E-state index is -0.737. The summed E-state index contributed by atoms with van der Waals surface area (Å²) in [6, 6.07) is 21.8. The Kier molecular flexibility index (Phi) is 6.18. The molecule has 4 aromatic rings. The predicted molar refractivity (Wildman–Crippen MR) is 126 cm³/mol. The van der Waals surface area contributed by atoms with Crippen LogP contribution in [0.25, 0.3) is 17.1 Å². The van der Waals surface area contributed by atoms with Crippen molar-refractivity contribution in [2.75, 3.05) is 13.1 Å². The van der Waals surface area contributed by atoms with Crippen molar-refractivity contribution in [1.82, 2.24) is 19.7 Å². The standard InChI is InChI=1S/C27H22F2N4O2/c28-20-11-12-23(29)22(17-20)24(34)18-13-15-32(16-14-18)27(35)25-30-26(19-7-3-1-4-8-19)33(31-25)21-9-5-2-6-10-21/h1-12,17-18H,13-16H2. The molecule has 0 N–H and O–H groups in total. The zero-order valence-corrected chi connectivity index (χ0v) is 18.8. The fraction of sp³-hybridized carbons (Fsp3) is 0.185. The number of ketones is 1. The number of halogens is 2. The van der Waals surface area contributed by atoms with Gasteiger partial charge in [0.15, 0.2) is 11.6 Å². The molecule has 5 rings (SSSR count). The molecule has 0 radical (unpaired) electrons. The van der Waals surface area contributed by atoms with Gasteiger partial charge in [0.2, 0.25) is 5.82 Å². The van der Waals surface area contributed by atoms with E-state index >= 15 is 0 Å². The van der Waals surface area contributed by atoms with E-state index in [1.165, 1.54) is 0 Å². The van der Waals surface area contributed by atoms with Crippen molar-refractivity contribution in [3.8, 4) is 17.1 Å². The molecule has 3 aromatic carbocycles. The molecular formula is C27H22F2N4O2. The topological polar surface area (TPSA) is 68.1 Å². The summed E-state index contributed by atoms with van der Waals surface area (Å²) in [7, 11) is 0. The SMILES string of the molecule is O=C(c1cc(F)ccc1F)C1CCN(C(=O)c2nc(-c3ccccc3)n(-c3ccccc3)n2)CC1. The summed E-state index contributed by atoms with van der Waals surface area (Å²) in [6.45, 7) is 0.597. The van der Waals surface area contributed by atoms with E-state index in [1.54, 1.807) is 9.58 Å². The van der Waals surface area contributed by atoms with Gasteiger partial charge in [-0.25, -0.2) is 18.4 Å². The molecule has 8 heteroatoms. The summed E-state index contributed by atoms with van der Waals surface area (Å²) in [5, 5.41) is 4.51. The van der Waals surface area contributed by atoms with Crippen LogP contribution < -0.4 is 0 Å². The molecule has 0 saturated carbocycles. The van der Waals surface area contributed by atoms with Crippen LogP contribution in [0.4, 0.5) is 8.78 Å². The van der Waals surface area contributed by atoms with Crippen LogP contribution in [0.3, 0.4) is 0 Å². The van der Waals surface area contributed by atoms with Crippen molar-refractivity contribution in [2.45, 2.75) is 12.8 Å². The highest BCUT2D eigenvalue weighted by molar-refractivity contribution is 5.98. The van der Waals surface area contributed by atoms with Crippen LogP contribution in [0.5, 0.6) is 0 Å². The van der Waals surface area contributed by atoms with E-state index in [-0.39, 0.29) is 17.3 Å². The largest absolute Gasteiger partial charge is 0.336 e. The number of carbonyl (C=O) groups excluding carboxylic acids is 2. The van der Waals surface area contributed by atoms with E-state index in [9.17, 15) is 18.4 Å². The van der Waals surface area contributed by atoms with Crippen LogP contribution in [0, 0.1) is 17.6 Å². The lowest BCUT2D eigenvalue weighted by Gasteiger charge is -2.30. The molecule has 1 aromatic heterocycles. The van der Waals surface area contributed by atoms with Crippen LogP contribution >= 0.6 is 0 Å². The Morgan fingerprint density at radius 2 is 1.51 bits per heavy atom. The van der Waals surface area contributed by atoms with E-state index in [2.05, 4.69) is 10.1 Å². The third-order valence-corrected chi connectivity index (χ3v) is 6.18. The van der Waals surface area contributed by atoms with Crippen LogP contribution in [-0.4, -0.2) is 44.4 Å². The zero-order valence-electron chi connectivity index (χ0n) is 18.8. The third kappa shape index (κ3) is 4.59. The third-order valence-electron chi connectivity index (χ3n) is 6.18. The number of para-hydroxylation sites is 1. The first-order chi connectivity index (χ1) is 17.0. The smallest absolute Gasteiger partial charge is 0.293 e. The molecule has 1 amide bonds. The molecular weight excluding hydrogens is 450 g/mol. The molecule has 0 unspecified atom stereocenters. The highest BCUT2D eigenvalue weighted by Gasteiger charge is 2.31. The van der Waals surface area contributed by atoms with Crippen LogP contribution in [0.1, 0.15) is 33.8 Å². The maximum absolute atomic E-state index is 14.1. The molecule has 1 saturated heterocycles. The first kappa shape index (κ1) is 22.6. The summed E-state index contributed by atoms with van der Waals surface area (Å²) in [5.74, 6) is -2.03. The molecule has 0 bridgehead atoms. The van der Waals surface area contributed by atoms with Gasteiger partial charge in [-0.15, -0.1) is 5.10 Å². The monoisotopic (exact) mass is 472 g/mol. The number of hydrogen-bond donors (Lipinski definition) is 0. The number of carbonyl (C=O) groups is 2. The normalized spacial score (nSPS) is 14.2. The Morgan fingerprint density at radius 1 is 0.857 bits per heavy atom. The molecule has 2 heterocycles. The molecule has 0 aliphatic carbocycles. The molecule has 6 nitrogen and oxygen atoms in total. The minimum Gasteiger partial charge on any atom is -0.336 e. The summed E-state index contributed by atoms with van der Waals surface area (Å²) in [6.07, 6.45) is 0.705. The summed E-state index contributed by atoms with van der Waals surface area (Å²) in [5.41, 5.74) is 1.36. The summed E-state index contributed by atoms with van der Waals surface area (Å²) in [4.78, 5) is 32.2. The number of rotatable bonds is 5. The van der Waals surface area contributed by atoms with E-state index in [0.717, 1.165) is 29.4 Å². The van der Waals surface area contributed by atoms with E-state index in [0.29, 0.717) is 31.8 Å². The quantitative estimate of drug-likeness (QED) is 0.386. The fourth-order valence-electron chi connectivity index (χ4n) is 4.32. The van der Waals surface area contributed by atoms with Gasteiger partial charge < -0.3 is 4.90 Å². The Bertz CT molecular complexity index is 1310. The first-order valence-electron chi connectivity index (χ1n) is 11.4. The van der Waals surface area contributed by atoms with Gasteiger partial charge in [0, 0.05) is 24.6 Å². The number of nitrogens with zero attached hydrogens (tertiary/aromatic N) is 4. The van der Waals surface area contributed by atoms with Crippen molar-refractivity contribution in [3.05, 3.63) is 102 Å². The maximum Gasteiger partial charge on any atom is 0.293 e. The van der Waals surface area contributed by atoms with Crippen molar-refractivity contribution in [3.63, 3.8) is 0 Å².